The minimum atomic E-state index is -3.47. The molecular formula is C17H40F2N4O7S. The summed E-state index contributed by atoms with van der Waals surface area (Å²) < 4.78 is 43.5. The summed E-state index contributed by atoms with van der Waals surface area (Å²) in [5, 5.41) is 22.8. The lowest BCUT2D eigenvalue weighted by molar-refractivity contribution is -0.140. The van der Waals surface area contributed by atoms with E-state index in [1.807, 2.05) is 7.05 Å². The number of alkyl halides is 2. The summed E-state index contributed by atoms with van der Waals surface area (Å²) in [6, 6.07) is -1.10. The number of nitrogens with one attached hydrogen (secondary N) is 2. The quantitative estimate of drug-likeness (QED) is 0.156. The molecule has 0 saturated carbocycles. The molecule has 0 fully saturated rings. The fraction of sp³-hybridized carbons (Fsp3) is 0.882. The highest BCUT2D eigenvalue weighted by molar-refractivity contribution is 8.20. The second-order valence-corrected chi connectivity index (χ2v) is 8.22. The summed E-state index contributed by atoms with van der Waals surface area (Å²) in [5.74, 6) is -2.71. The average molecular weight is 483 g/mol. The minimum absolute atomic E-state index is 0.387. The second-order valence-electron chi connectivity index (χ2n) is 6.34. The van der Waals surface area contributed by atoms with E-state index in [-0.39, 0.29) is 6.04 Å². The van der Waals surface area contributed by atoms with E-state index in [0.717, 1.165) is 39.3 Å². The molecule has 11 nitrogen and oxygen atoms in total. The van der Waals surface area contributed by atoms with Gasteiger partial charge in [0, 0.05) is 0 Å². The molecule has 0 aliphatic rings. The normalized spacial score (nSPS) is 13.4. The number of carboxylic acid groups (broad SMARTS) is 2. The third-order valence-corrected chi connectivity index (χ3v) is 4.93. The van der Waals surface area contributed by atoms with Gasteiger partial charge in [-0.15, -0.1) is 0 Å². The molecule has 190 valence electrons. The summed E-state index contributed by atoms with van der Waals surface area (Å²) in [5.41, 5.74) is 10.4. The van der Waals surface area contributed by atoms with Crippen molar-refractivity contribution in [3.63, 3.8) is 0 Å². The van der Waals surface area contributed by atoms with Gasteiger partial charge < -0.3 is 41.4 Å². The van der Waals surface area contributed by atoms with E-state index >= 15 is 0 Å². The first-order valence-corrected chi connectivity index (χ1v) is 11.3. The summed E-state index contributed by atoms with van der Waals surface area (Å²) in [4.78, 5) is 20.7. The minimum Gasteiger partial charge on any atom is -0.480 e. The van der Waals surface area contributed by atoms with Gasteiger partial charge in [-0.2, -0.15) is 0 Å². The van der Waals surface area contributed by atoms with Crippen LogP contribution >= 0.6 is 10.9 Å². The first-order chi connectivity index (χ1) is 14.4. The molecule has 10 N–H and O–H groups in total. The number of carboxylic acids is 2. The molecule has 2 unspecified atom stereocenters. The predicted molar refractivity (Wildman–Crippen MR) is 118 cm³/mol. The van der Waals surface area contributed by atoms with Crippen molar-refractivity contribution in [2.75, 3.05) is 40.0 Å². The number of carbonyl (C=O) groups is 2. The third-order valence-electron chi connectivity index (χ3n) is 3.71. The molecule has 31 heavy (non-hydrogen) atoms. The van der Waals surface area contributed by atoms with Crippen molar-refractivity contribution in [2.45, 2.75) is 57.0 Å². The first-order valence-electron chi connectivity index (χ1n) is 9.71. The van der Waals surface area contributed by atoms with Gasteiger partial charge in [0.25, 0.3) is 6.43 Å². The lowest BCUT2D eigenvalue weighted by atomic mass is 10.1. The molecule has 0 aliphatic heterocycles. The molecule has 0 aromatic carbocycles. The van der Waals surface area contributed by atoms with E-state index in [2.05, 4.69) is 14.8 Å². The van der Waals surface area contributed by atoms with Crippen molar-refractivity contribution in [3.05, 3.63) is 0 Å². The SMILES string of the molecule is CNCCCCC(NC)C(=O)O.COS(O)(O)CC(F)F.NCCCCC(N)C(=O)O. The van der Waals surface area contributed by atoms with Gasteiger partial charge in [0.05, 0.1) is 18.0 Å². The smallest absolute Gasteiger partial charge is 0.320 e. The van der Waals surface area contributed by atoms with Crippen LogP contribution in [-0.2, 0) is 13.8 Å². The van der Waals surface area contributed by atoms with Crippen LogP contribution in [0.3, 0.4) is 0 Å². The van der Waals surface area contributed by atoms with Crippen molar-refractivity contribution in [3.8, 4) is 0 Å². The Balaban J connectivity index is -0.000000384. The van der Waals surface area contributed by atoms with E-state index in [1.54, 1.807) is 7.05 Å². The molecular weight excluding hydrogens is 442 g/mol. The highest BCUT2D eigenvalue weighted by Gasteiger charge is 2.21. The molecule has 0 radical (unpaired) electrons. The van der Waals surface area contributed by atoms with Crippen molar-refractivity contribution < 1.29 is 41.9 Å². The van der Waals surface area contributed by atoms with Crippen molar-refractivity contribution in [1.29, 1.82) is 0 Å². The summed E-state index contributed by atoms with van der Waals surface area (Å²) in [6.45, 7) is 1.56. The van der Waals surface area contributed by atoms with Gasteiger partial charge in [-0.3, -0.25) is 13.8 Å². The number of nitrogens with two attached hydrogens (primary N) is 2. The molecule has 0 spiro atoms. The maximum Gasteiger partial charge on any atom is 0.320 e. The van der Waals surface area contributed by atoms with E-state index in [4.69, 9.17) is 30.8 Å². The molecule has 0 aromatic rings. The Kier molecular flexibility index (Phi) is 24.6. The molecule has 14 heteroatoms. The maximum absolute atomic E-state index is 11.3. The van der Waals surface area contributed by atoms with Crippen LogP contribution in [0.5, 0.6) is 0 Å². The van der Waals surface area contributed by atoms with E-state index in [9.17, 15) is 18.4 Å². The Morgan fingerprint density at radius 2 is 1.58 bits per heavy atom. The molecule has 0 rings (SSSR count). The Bertz CT molecular complexity index is 453. The molecule has 0 aliphatic carbocycles. The molecule has 0 bridgehead atoms. The van der Waals surface area contributed by atoms with E-state index in [1.165, 1.54) is 0 Å². The summed E-state index contributed by atoms with van der Waals surface area (Å²) in [7, 11) is 1.07. The molecule has 0 saturated heterocycles. The van der Waals surface area contributed by atoms with Gasteiger partial charge in [-0.1, -0.05) is 12.8 Å². The number of rotatable bonds is 15. The summed E-state index contributed by atoms with van der Waals surface area (Å²) in [6.07, 6.45) is 2.10. The standard InChI is InChI=1S/C8H18N2O2.C6H14N2O2.C3H8F2O3S/c1-9-6-4-3-5-7(10-2)8(11)12;7-4-2-1-3-5(8)6(9)10;1-8-9(6,7)2-3(4)5/h7,9-10H,3-6H2,1-2H3,(H,11,12);5H,1-4,7-8H2,(H,9,10);3,6-7H,2H2,1H3. The van der Waals surface area contributed by atoms with Crippen LogP contribution in [0, 0.1) is 0 Å². The van der Waals surface area contributed by atoms with Crippen molar-refractivity contribution >= 4 is 22.8 Å². The van der Waals surface area contributed by atoms with Gasteiger partial charge in [0.15, 0.2) is 0 Å². The van der Waals surface area contributed by atoms with Crippen LogP contribution in [0.1, 0.15) is 38.5 Å². The predicted octanol–water partition coefficient (Wildman–Crippen LogP) is 1.14. The Hall–Kier alpha value is -1.13. The lowest BCUT2D eigenvalue weighted by Crippen LogP contribution is -2.33. The first kappa shape index (κ1) is 34.5. The lowest BCUT2D eigenvalue weighted by Gasteiger charge is -2.22. The molecule has 2 atom stereocenters. The topological polar surface area (TPSA) is 200 Å². The Labute approximate surface area is 184 Å². The maximum atomic E-state index is 11.3. The third kappa shape index (κ3) is 26.8. The Morgan fingerprint density at radius 3 is 1.90 bits per heavy atom. The second kappa shape index (κ2) is 22.1. The zero-order valence-corrected chi connectivity index (χ0v) is 19.2. The monoisotopic (exact) mass is 482 g/mol. The van der Waals surface area contributed by atoms with Crippen LogP contribution in [-0.4, -0.2) is 89.8 Å². The van der Waals surface area contributed by atoms with Gasteiger partial charge in [0.1, 0.15) is 17.8 Å². The van der Waals surface area contributed by atoms with E-state index in [0.29, 0.717) is 19.4 Å². The van der Waals surface area contributed by atoms with Crippen molar-refractivity contribution in [2.24, 2.45) is 11.5 Å². The van der Waals surface area contributed by atoms with Crippen molar-refractivity contribution in [1.82, 2.24) is 10.6 Å². The van der Waals surface area contributed by atoms with Crippen LogP contribution in [0.4, 0.5) is 8.78 Å². The highest BCUT2D eigenvalue weighted by Crippen LogP contribution is 2.39. The van der Waals surface area contributed by atoms with Gasteiger partial charge in [-0.05, 0) is 52.9 Å². The number of halogens is 2. The molecule has 0 aromatic heterocycles. The zero-order valence-electron chi connectivity index (χ0n) is 18.4. The zero-order chi connectivity index (χ0) is 24.9. The summed E-state index contributed by atoms with van der Waals surface area (Å²) >= 11 is 0. The number of hydrogen-bond donors (Lipinski definition) is 8. The highest BCUT2D eigenvalue weighted by atomic mass is 32.3. The number of likely N-dealkylation sites (N-methyl/N-ethyl adjacent to an activating group) is 1. The fourth-order valence-corrected chi connectivity index (χ4v) is 2.37. The number of aliphatic carboxylic acids is 2. The van der Waals surface area contributed by atoms with Crippen LogP contribution in [0.15, 0.2) is 0 Å². The van der Waals surface area contributed by atoms with Gasteiger partial charge >= 0.3 is 11.9 Å². The molecule has 0 amide bonds. The largest absolute Gasteiger partial charge is 0.480 e. The van der Waals surface area contributed by atoms with E-state index < -0.39 is 41.0 Å². The van der Waals surface area contributed by atoms with Gasteiger partial charge in [0.2, 0.25) is 0 Å². The average Bonchev–Trinajstić information content (AvgIpc) is 2.68. The fourth-order valence-electron chi connectivity index (χ4n) is 1.91. The van der Waals surface area contributed by atoms with Crippen LogP contribution in [0.25, 0.3) is 0 Å². The van der Waals surface area contributed by atoms with Crippen LogP contribution in [0.2, 0.25) is 0 Å². The number of unbranched alkanes of at least 4 members (excludes halogenated alkanes) is 2. The van der Waals surface area contributed by atoms with Crippen LogP contribution < -0.4 is 22.1 Å². The van der Waals surface area contributed by atoms with Gasteiger partial charge in [-0.25, -0.2) is 8.78 Å². The molecule has 0 heterocycles. The number of hydrogen-bond acceptors (Lipinski definition) is 9. The Morgan fingerprint density at radius 1 is 1.03 bits per heavy atom.